The third-order valence-electron chi connectivity index (χ3n) is 3.82. The predicted molar refractivity (Wildman–Crippen MR) is 98.4 cm³/mol. The van der Waals surface area contributed by atoms with Crippen molar-refractivity contribution in [2.45, 2.75) is 12.8 Å². The van der Waals surface area contributed by atoms with Crippen molar-refractivity contribution in [2.75, 3.05) is 0 Å². The molecule has 0 spiro atoms. The van der Waals surface area contributed by atoms with Crippen molar-refractivity contribution < 1.29 is 13.6 Å². The molecule has 2 aromatic rings. The first-order valence-electron chi connectivity index (χ1n) is 7.30. The lowest BCUT2D eigenvalue weighted by Gasteiger charge is -2.00. The van der Waals surface area contributed by atoms with Crippen LogP contribution in [-0.4, -0.2) is 5.78 Å². The third-order valence-corrected chi connectivity index (χ3v) is 5.03. The minimum absolute atomic E-state index is 0.0177. The quantitative estimate of drug-likeness (QED) is 0.486. The number of carbonyl (C=O) groups is 1. The summed E-state index contributed by atoms with van der Waals surface area (Å²) >= 11 is 6.29. The van der Waals surface area contributed by atoms with E-state index in [1.54, 1.807) is 36.4 Å². The van der Waals surface area contributed by atoms with Crippen LogP contribution in [0, 0.1) is 11.6 Å². The fourth-order valence-electron chi connectivity index (χ4n) is 2.58. The van der Waals surface area contributed by atoms with Crippen LogP contribution in [0.4, 0.5) is 8.78 Å². The summed E-state index contributed by atoms with van der Waals surface area (Å²) in [5, 5.41) is 0. The van der Waals surface area contributed by atoms with Gasteiger partial charge in [-0.05, 0) is 92.2 Å². The van der Waals surface area contributed by atoms with Crippen LogP contribution < -0.4 is 0 Å². The monoisotopic (exact) mass is 452 g/mol. The van der Waals surface area contributed by atoms with Gasteiger partial charge in [0.25, 0.3) is 0 Å². The van der Waals surface area contributed by atoms with Crippen molar-refractivity contribution in [3.05, 3.63) is 79.3 Å². The second-order valence-electron chi connectivity index (χ2n) is 5.52. The Morgan fingerprint density at radius 2 is 1.21 bits per heavy atom. The topological polar surface area (TPSA) is 17.1 Å². The lowest BCUT2D eigenvalue weighted by molar-refractivity contribution is -0.111. The molecule has 0 aliphatic heterocycles. The van der Waals surface area contributed by atoms with Crippen LogP contribution in [-0.2, 0) is 4.79 Å². The number of allylic oxidation sites excluding steroid dienone is 2. The van der Waals surface area contributed by atoms with E-state index in [1.807, 2.05) is 0 Å². The molecule has 24 heavy (non-hydrogen) atoms. The smallest absolute Gasteiger partial charge is 0.185 e. The Labute approximate surface area is 155 Å². The average molecular weight is 454 g/mol. The van der Waals surface area contributed by atoms with Crippen molar-refractivity contribution in [2.24, 2.45) is 0 Å². The summed E-state index contributed by atoms with van der Waals surface area (Å²) in [6, 6.07) is 9.30. The molecular formula is C19H12Br2F2O. The summed E-state index contributed by atoms with van der Waals surface area (Å²) in [5.74, 6) is -0.689. The lowest BCUT2D eigenvalue weighted by Crippen LogP contribution is -1.95. The van der Waals surface area contributed by atoms with Crippen LogP contribution >= 0.6 is 31.9 Å². The average Bonchev–Trinajstić information content (AvgIpc) is 2.88. The number of carbonyl (C=O) groups excluding carboxylic acids is 1. The molecule has 0 atom stereocenters. The van der Waals surface area contributed by atoms with Gasteiger partial charge in [0, 0.05) is 11.1 Å². The third kappa shape index (κ3) is 3.73. The molecule has 0 unspecified atom stereocenters. The minimum atomic E-state index is -0.336. The zero-order valence-corrected chi connectivity index (χ0v) is 15.6. The molecular weight excluding hydrogens is 442 g/mol. The maximum absolute atomic E-state index is 13.3. The standard InChI is InChI=1S/C19H12Br2F2O/c20-15-9-11(1-5-17(15)22)7-13-3-4-14(19(13)24)8-12-2-6-18(23)16(21)10-12/h1-2,5-10H,3-4H2. The zero-order valence-electron chi connectivity index (χ0n) is 12.5. The van der Waals surface area contributed by atoms with Crippen molar-refractivity contribution in [3.8, 4) is 0 Å². The molecule has 0 bridgehead atoms. The van der Waals surface area contributed by atoms with E-state index in [4.69, 9.17) is 0 Å². The maximum atomic E-state index is 13.3. The van der Waals surface area contributed by atoms with Crippen LogP contribution in [0.15, 0.2) is 56.5 Å². The van der Waals surface area contributed by atoms with Gasteiger partial charge in [-0.25, -0.2) is 8.78 Å². The minimum Gasteiger partial charge on any atom is -0.289 e. The number of hydrogen-bond donors (Lipinski definition) is 0. The maximum Gasteiger partial charge on any atom is 0.185 e. The summed E-state index contributed by atoms with van der Waals surface area (Å²) < 4.78 is 27.3. The molecule has 0 saturated heterocycles. The number of ketones is 1. The summed E-state index contributed by atoms with van der Waals surface area (Å²) in [6.07, 6.45) is 4.85. The second kappa shape index (κ2) is 7.11. The van der Waals surface area contributed by atoms with Crippen LogP contribution in [0.1, 0.15) is 24.0 Å². The molecule has 0 aromatic heterocycles. The summed E-state index contributed by atoms with van der Waals surface area (Å²) in [4.78, 5) is 12.5. The Morgan fingerprint density at radius 1 is 0.792 bits per heavy atom. The van der Waals surface area contributed by atoms with Gasteiger partial charge in [-0.3, -0.25) is 4.79 Å². The molecule has 0 radical (unpaired) electrons. The van der Waals surface area contributed by atoms with Crippen molar-refractivity contribution in [1.29, 1.82) is 0 Å². The Hall–Kier alpha value is -1.59. The van der Waals surface area contributed by atoms with E-state index in [0.29, 0.717) is 32.9 Å². The fourth-order valence-corrected chi connectivity index (χ4v) is 3.38. The highest BCUT2D eigenvalue weighted by molar-refractivity contribution is 9.10. The van der Waals surface area contributed by atoms with Crippen molar-refractivity contribution >= 4 is 49.8 Å². The van der Waals surface area contributed by atoms with Gasteiger partial charge in [0.1, 0.15) is 11.6 Å². The van der Waals surface area contributed by atoms with Gasteiger partial charge in [-0.1, -0.05) is 12.1 Å². The van der Waals surface area contributed by atoms with Crippen LogP contribution in [0.5, 0.6) is 0 Å². The van der Waals surface area contributed by atoms with E-state index in [2.05, 4.69) is 31.9 Å². The first kappa shape index (κ1) is 17.2. The van der Waals surface area contributed by atoms with E-state index in [9.17, 15) is 13.6 Å². The van der Waals surface area contributed by atoms with Crippen LogP contribution in [0.3, 0.4) is 0 Å². The molecule has 1 saturated carbocycles. The number of hydrogen-bond acceptors (Lipinski definition) is 1. The lowest BCUT2D eigenvalue weighted by atomic mass is 10.1. The molecule has 122 valence electrons. The number of rotatable bonds is 2. The Bertz CT molecular complexity index is 813. The van der Waals surface area contributed by atoms with Gasteiger partial charge in [-0.15, -0.1) is 0 Å². The SMILES string of the molecule is O=C1C(=Cc2ccc(F)c(Br)c2)CCC1=Cc1ccc(F)c(Br)c1. The molecule has 2 aromatic carbocycles. The van der Waals surface area contributed by atoms with E-state index >= 15 is 0 Å². The molecule has 1 aliphatic carbocycles. The fraction of sp³-hybridized carbons (Fsp3) is 0.105. The van der Waals surface area contributed by atoms with Gasteiger partial charge < -0.3 is 0 Å². The van der Waals surface area contributed by atoms with E-state index in [1.165, 1.54) is 12.1 Å². The zero-order chi connectivity index (χ0) is 17.3. The van der Waals surface area contributed by atoms with Gasteiger partial charge in [0.15, 0.2) is 5.78 Å². The highest BCUT2D eigenvalue weighted by atomic mass is 79.9. The summed E-state index contributed by atoms with van der Waals surface area (Å²) in [5.41, 5.74) is 2.94. The highest BCUT2D eigenvalue weighted by Gasteiger charge is 2.23. The van der Waals surface area contributed by atoms with Gasteiger partial charge in [0.2, 0.25) is 0 Å². The first-order valence-corrected chi connectivity index (χ1v) is 8.88. The Kier molecular flexibility index (Phi) is 5.11. The van der Waals surface area contributed by atoms with Crippen LogP contribution in [0.25, 0.3) is 12.2 Å². The molecule has 0 N–H and O–H groups in total. The van der Waals surface area contributed by atoms with Crippen molar-refractivity contribution in [3.63, 3.8) is 0 Å². The van der Waals surface area contributed by atoms with Gasteiger partial charge in [-0.2, -0.15) is 0 Å². The first-order chi connectivity index (χ1) is 11.4. The second-order valence-corrected chi connectivity index (χ2v) is 7.22. The van der Waals surface area contributed by atoms with E-state index in [-0.39, 0.29) is 17.4 Å². The normalized spacial score (nSPS) is 17.9. The summed E-state index contributed by atoms with van der Waals surface area (Å²) in [7, 11) is 0. The molecule has 1 aliphatic rings. The van der Waals surface area contributed by atoms with Crippen molar-refractivity contribution in [1.82, 2.24) is 0 Å². The Balaban J connectivity index is 1.86. The molecule has 5 heteroatoms. The van der Waals surface area contributed by atoms with E-state index < -0.39 is 0 Å². The molecule has 3 rings (SSSR count). The predicted octanol–water partition coefficient (Wildman–Crippen LogP) is 6.32. The molecule has 0 amide bonds. The number of halogens is 4. The van der Waals surface area contributed by atoms with Gasteiger partial charge >= 0.3 is 0 Å². The van der Waals surface area contributed by atoms with E-state index in [0.717, 1.165) is 11.1 Å². The highest BCUT2D eigenvalue weighted by Crippen LogP contribution is 2.30. The molecule has 1 fully saturated rings. The molecule has 0 heterocycles. The number of benzene rings is 2. The summed E-state index contributed by atoms with van der Waals surface area (Å²) in [6.45, 7) is 0. The largest absolute Gasteiger partial charge is 0.289 e. The van der Waals surface area contributed by atoms with Crippen LogP contribution in [0.2, 0.25) is 0 Å². The molecule has 1 nitrogen and oxygen atoms in total. The Morgan fingerprint density at radius 3 is 1.58 bits per heavy atom. The number of Topliss-reactive ketones (excluding diaryl/α,β-unsaturated/α-hetero) is 1. The van der Waals surface area contributed by atoms with Gasteiger partial charge in [0.05, 0.1) is 8.95 Å².